The largest absolute Gasteiger partial charge is 0.535 e. The number of unbranched alkanes of at least 4 members (excludes halogenated alkanes) is 2. The lowest BCUT2D eigenvalue weighted by atomic mass is 10.1. The third kappa shape index (κ3) is 22.6. The number of amides is 3. The number of benzene rings is 3. The number of ether oxygens (including phenoxy) is 4. The van der Waals surface area contributed by atoms with Gasteiger partial charge in [0.2, 0.25) is 5.91 Å². The quantitative estimate of drug-likeness (QED) is 0.00854. The Labute approximate surface area is 444 Å². The summed E-state index contributed by atoms with van der Waals surface area (Å²) in [5.41, 5.74) is 16.1. The fourth-order valence-electron chi connectivity index (χ4n) is 6.14. The zero-order valence-corrected chi connectivity index (χ0v) is 44.9. The first-order valence-electron chi connectivity index (χ1n) is 24.4. The van der Waals surface area contributed by atoms with Gasteiger partial charge in [-0.2, -0.15) is 13.2 Å². The number of aromatic nitrogens is 2. The number of nitrogens with one attached hydrogen (secondary N) is 2. The van der Waals surface area contributed by atoms with Gasteiger partial charge in [0.25, 0.3) is 5.56 Å². The van der Waals surface area contributed by atoms with E-state index < -0.39 is 65.5 Å². The molecular weight excluding hydrogens is 1010 g/mol. The van der Waals surface area contributed by atoms with Crippen LogP contribution >= 0.6 is 0 Å². The maximum Gasteiger partial charge on any atom is 0.535 e. The monoisotopic (exact) mass is 1080 g/mol. The van der Waals surface area contributed by atoms with E-state index >= 15 is 0 Å². The standard InChI is InChI=1S/C29H34F3N7O5.C23H35N3O7/c1-4-5-10-43-28(42)44-38-25(34)19-8-6-18(7-9-19)14-35-24(40)16-39-23(15-36-26(27(39)41)37-17(2)3)20-11-21(29(30,31)32)13-22(33)12-20;1-8-9-14-30-21(29)33-25-18(24)17-12-10-16(11-13-17)15-26(19(27)31-22(2,3)4)20(28)32-23(5,6)7/h6-9,11-13,15,17H,4-5,10,14,16,33H2,1-3H3,(H2,34,38)(H,35,40)(H,36,37);10-13H,8-9,14-15H2,1-7H3,(H2,24,25). The predicted molar refractivity (Wildman–Crippen MR) is 281 cm³/mol. The van der Waals surface area contributed by atoms with Crippen LogP contribution in [0.5, 0.6) is 0 Å². The van der Waals surface area contributed by atoms with Crippen LogP contribution in [-0.4, -0.2) is 87.0 Å². The molecule has 0 saturated heterocycles. The minimum absolute atomic E-state index is 0.0205. The summed E-state index contributed by atoms with van der Waals surface area (Å²) < 4.78 is 61.8. The summed E-state index contributed by atoms with van der Waals surface area (Å²) in [7, 11) is 0. The highest BCUT2D eigenvalue weighted by Crippen LogP contribution is 2.34. The number of nitrogen functional groups attached to an aromatic ring is 1. The van der Waals surface area contributed by atoms with Gasteiger partial charge < -0.3 is 46.8 Å². The number of halogens is 3. The minimum Gasteiger partial charge on any atom is -0.443 e. The SMILES string of the molecule is CCCCOC(=O)O/N=C(/N)c1ccc(CN(C(=O)OC(C)(C)C)C(=O)OC(C)(C)C)cc1.CCCCOC(=O)O/N=C(\N)c1ccc(CNC(=O)Cn2c(-c3cc(N)cc(C(F)(F)F)c3)cnc(NC(C)C)c2=O)cc1. The van der Waals surface area contributed by atoms with E-state index in [4.69, 9.17) is 36.1 Å². The van der Waals surface area contributed by atoms with Crippen LogP contribution in [0.25, 0.3) is 11.3 Å². The highest BCUT2D eigenvalue weighted by molar-refractivity contribution is 5.98. The number of alkyl halides is 3. The van der Waals surface area contributed by atoms with E-state index in [0.717, 1.165) is 40.9 Å². The van der Waals surface area contributed by atoms with Crippen molar-refractivity contribution in [2.75, 3.05) is 24.3 Å². The fraction of sp³-hybridized carbons (Fsp3) is 0.442. The maximum absolute atomic E-state index is 13.5. The molecule has 1 heterocycles. The van der Waals surface area contributed by atoms with Gasteiger partial charge in [-0.15, -0.1) is 0 Å². The molecule has 4 rings (SSSR count). The smallest absolute Gasteiger partial charge is 0.443 e. The van der Waals surface area contributed by atoms with E-state index in [2.05, 4.69) is 35.6 Å². The fourth-order valence-corrected chi connectivity index (χ4v) is 6.14. The molecule has 0 atom stereocenters. The Hall–Kier alpha value is -8.38. The van der Waals surface area contributed by atoms with Crippen LogP contribution in [-0.2, 0) is 59.2 Å². The van der Waals surface area contributed by atoms with E-state index in [1.165, 1.54) is 12.3 Å². The maximum atomic E-state index is 13.5. The molecule has 8 N–H and O–H groups in total. The molecule has 0 aliphatic carbocycles. The van der Waals surface area contributed by atoms with E-state index in [0.29, 0.717) is 28.7 Å². The minimum atomic E-state index is -4.68. The van der Waals surface area contributed by atoms with Crippen molar-refractivity contribution in [3.8, 4) is 11.3 Å². The van der Waals surface area contributed by atoms with Crippen LogP contribution in [0.4, 0.5) is 43.9 Å². The van der Waals surface area contributed by atoms with Crippen molar-refractivity contribution in [3.05, 3.63) is 111 Å². The third-order valence-electron chi connectivity index (χ3n) is 9.79. The van der Waals surface area contributed by atoms with Gasteiger partial charge in [0.05, 0.1) is 37.2 Å². The van der Waals surface area contributed by atoms with Gasteiger partial charge >= 0.3 is 30.7 Å². The number of carbonyl (C=O) groups is 5. The average Bonchev–Trinajstić information content (AvgIpc) is 3.33. The number of carbonyl (C=O) groups excluding carboxylic acids is 5. The molecule has 77 heavy (non-hydrogen) atoms. The van der Waals surface area contributed by atoms with E-state index in [-0.39, 0.29) is 66.8 Å². The zero-order chi connectivity index (χ0) is 57.7. The molecule has 0 spiro atoms. The molecule has 420 valence electrons. The second-order valence-electron chi connectivity index (χ2n) is 19.3. The van der Waals surface area contributed by atoms with Gasteiger partial charge in [-0.25, -0.2) is 29.1 Å². The second kappa shape index (κ2) is 29.1. The number of imide groups is 1. The third-order valence-corrected chi connectivity index (χ3v) is 9.79. The molecule has 0 bridgehead atoms. The summed E-state index contributed by atoms with van der Waals surface area (Å²) in [6.45, 7) is 17.6. The van der Waals surface area contributed by atoms with Gasteiger partial charge in [-0.1, -0.05) is 85.5 Å². The highest BCUT2D eigenvalue weighted by atomic mass is 19.4. The van der Waals surface area contributed by atoms with E-state index in [1.807, 2.05) is 13.8 Å². The molecule has 22 nitrogen and oxygen atoms in total. The molecular formula is C52H69F3N10O12. The number of amidine groups is 2. The molecule has 0 aliphatic rings. The first-order chi connectivity index (χ1) is 36.0. The van der Waals surface area contributed by atoms with Crippen molar-refractivity contribution in [1.29, 1.82) is 0 Å². The molecule has 0 saturated carbocycles. The molecule has 4 aromatic rings. The summed E-state index contributed by atoms with van der Waals surface area (Å²) in [4.78, 5) is 88.7. The zero-order valence-electron chi connectivity index (χ0n) is 44.9. The average molecular weight is 1080 g/mol. The van der Waals surface area contributed by atoms with Crippen LogP contribution in [0, 0.1) is 0 Å². The number of nitrogens with two attached hydrogens (primary N) is 3. The number of hydrogen-bond acceptors (Lipinski definition) is 17. The molecule has 0 aliphatic heterocycles. The Morgan fingerprint density at radius 3 is 1.66 bits per heavy atom. The number of oxime groups is 2. The van der Waals surface area contributed by atoms with Crippen molar-refractivity contribution in [2.45, 2.75) is 138 Å². The predicted octanol–water partition coefficient (Wildman–Crippen LogP) is 9.15. The van der Waals surface area contributed by atoms with E-state index in [9.17, 15) is 41.9 Å². The Balaban J connectivity index is 0.000000423. The number of hydrogen-bond donors (Lipinski definition) is 5. The lowest BCUT2D eigenvalue weighted by molar-refractivity contribution is -0.137. The van der Waals surface area contributed by atoms with Crippen LogP contribution in [0.15, 0.2) is 88.0 Å². The molecule has 1 aromatic heterocycles. The summed E-state index contributed by atoms with van der Waals surface area (Å²) in [5, 5.41) is 12.7. The number of rotatable bonds is 19. The van der Waals surface area contributed by atoms with Gasteiger partial charge in [0.1, 0.15) is 17.7 Å². The molecule has 3 amide bonds. The van der Waals surface area contributed by atoms with Crippen molar-refractivity contribution < 1.29 is 65.8 Å². The Morgan fingerprint density at radius 2 is 1.22 bits per heavy atom. The Kier molecular flexibility index (Phi) is 23.7. The molecule has 0 unspecified atom stereocenters. The van der Waals surface area contributed by atoms with Crippen molar-refractivity contribution in [2.24, 2.45) is 21.8 Å². The highest BCUT2D eigenvalue weighted by Gasteiger charge is 2.33. The summed E-state index contributed by atoms with van der Waals surface area (Å²) in [5.74, 6) is -0.761. The molecule has 25 heteroatoms. The lowest BCUT2D eigenvalue weighted by Crippen LogP contribution is -2.43. The van der Waals surface area contributed by atoms with Gasteiger partial charge in [-0.05, 0) is 97.6 Å². The van der Waals surface area contributed by atoms with Crippen LogP contribution in [0.3, 0.4) is 0 Å². The molecule has 0 radical (unpaired) electrons. The van der Waals surface area contributed by atoms with Gasteiger partial charge in [0.15, 0.2) is 17.5 Å². The van der Waals surface area contributed by atoms with Crippen LogP contribution in [0.2, 0.25) is 0 Å². The van der Waals surface area contributed by atoms with Crippen molar-refractivity contribution >= 4 is 53.6 Å². The van der Waals surface area contributed by atoms with E-state index in [1.54, 1.807) is 104 Å². The first kappa shape index (κ1) is 62.9. The van der Waals surface area contributed by atoms with Gasteiger partial charge in [-0.3, -0.25) is 23.8 Å². The summed E-state index contributed by atoms with van der Waals surface area (Å²) in [6.07, 6.45) is -3.88. The normalized spacial score (nSPS) is 11.9. The Bertz CT molecular complexity index is 2730. The van der Waals surface area contributed by atoms with Crippen LogP contribution < -0.4 is 33.4 Å². The van der Waals surface area contributed by atoms with Crippen molar-refractivity contribution in [3.63, 3.8) is 0 Å². The topological polar surface area (TPSA) is 306 Å². The number of anilines is 2. The summed E-state index contributed by atoms with van der Waals surface area (Å²) in [6, 6.07) is 15.7. The summed E-state index contributed by atoms with van der Waals surface area (Å²) >= 11 is 0. The second-order valence-corrected chi connectivity index (χ2v) is 19.3. The van der Waals surface area contributed by atoms with Crippen LogP contribution in [0.1, 0.15) is 123 Å². The molecule has 3 aromatic carbocycles. The van der Waals surface area contributed by atoms with Crippen molar-refractivity contribution in [1.82, 2.24) is 19.8 Å². The van der Waals surface area contributed by atoms with Gasteiger partial charge in [0, 0.05) is 35.0 Å². The first-order valence-corrected chi connectivity index (χ1v) is 24.4. The lowest BCUT2D eigenvalue weighted by Gasteiger charge is -2.28. The number of nitrogens with zero attached hydrogens (tertiary/aromatic N) is 5. The molecule has 0 fully saturated rings. The Morgan fingerprint density at radius 1 is 0.740 bits per heavy atom.